The van der Waals surface area contributed by atoms with Gasteiger partial charge in [0.05, 0.1) is 24.3 Å². The number of nitriles is 1. The molecule has 0 aromatic rings. The van der Waals surface area contributed by atoms with Gasteiger partial charge in [-0.25, -0.2) is 0 Å². The standard InChI is InChI=1S/C13H16N2O3/c1-15(6-2-5-14)12(16)10-8-3-4-9(7-8)11(10)13(17)18/h3-4,8-11H,2,6-7H2,1H3,(H,17,18)/t8?,9?,10-,11+/m0/s1. The molecule has 2 bridgehead atoms. The van der Waals surface area contributed by atoms with E-state index in [1.54, 1.807) is 7.05 Å². The number of carboxylic acids is 1. The second kappa shape index (κ2) is 4.81. The highest BCUT2D eigenvalue weighted by molar-refractivity contribution is 5.86. The lowest BCUT2D eigenvalue weighted by atomic mass is 9.82. The van der Waals surface area contributed by atoms with Crippen LogP contribution in [0.4, 0.5) is 0 Å². The number of hydrogen-bond donors (Lipinski definition) is 1. The summed E-state index contributed by atoms with van der Waals surface area (Å²) in [6.45, 7) is 0.360. The topological polar surface area (TPSA) is 81.4 Å². The lowest BCUT2D eigenvalue weighted by Crippen LogP contribution is -2.41. The van der Waals surface area contributed by atoms with E-state index in [2.05, 4.69) is 0 Å². The molecule has 1 amide bonds. The van der Waals surface area contributed by atoms with Gasteiger partial charge in [0.1, 0.15) is 0 Å². The monoisotopic (exact) mass is 248 g/mol. The molecule has 5 heteroatoms. The maximum Gasteiger partial charge on any atom is 0.307 e. The van der Waals surface area contributed by atoms with E-state index in [4.69, 9.17) is 5.26 Å². The van der Waals surface area contributed by atoms with Crippen LogP contribution < -0.4 is 0 Å². The van der Waals surface area contributed by atoms with Gasteiger partial charge in [0, 0.05) is 13.6 Å². The Morgan fingerprint density at radius 1 is 1.39 bits per heavy atom. The van der Waals surface area contributed by atoms with Gasteiger partial charge in [-0.05, 0) is 18.3 Å². The molecule has 0 saturated heterocycles. The molecular formula is C13H16N2O3. The van der Waals surface area contributed by atoms with E-state index < -0.39 is 17.8 Å². The van der Waals surface area contributed by atoms with Crippen molar-refractivity contribution in [2.24, 2.45) is 23.7 Å². The number of carboxylic acid groups (broad SMARTS) is 1. The summed E-state index contributed by atoms with van der Waals surface area (Å²) >= 11 is 0. The van der Waals surface area contributed by atoms with Crippen LogP contribution in [-0.4, -0.2) is 35.5 Å². The molecule has 18 heavy (non-hydrogen) atoms. The molecule has 96 valence electrons. The zero-order valence-electron chi connectivity index (χ0n) is 10.2. The summed E-state index contributed by atoms with van der Waals surface area (Å²) < 4.78 is 0. The first-order valence-electron chi connectivity index (χ1n) is 6.09. The molecule has 0 aromatic carbocycles. The Bertz CT molecular complexity index is 438. The number of nitrogens with zero attached hydrogens (tertiary/aromatic N) is 2. The third kappa shape index (κ3) is 1.99. The highest BCUT2D eigenvalue weighted by atomic mass is 16.4. The molecule has 2 rings (SSSR count). The van der Waals surface area contributed by atoms with Gasteiger partial charge in [0.15, 0.2) is 0 Å². The zero-order chi connectivity index (χ0) is 13.3. The van der Waals surface area contributed by atoms with E-state index in [9.17, 15) is 14.7 Å². The largest absolute Gasteiger partial charge is 0.481 e. The fraction of sp³-hybridized carbons (Fsp3) is 0.615. The minimum Gasteiger partial charge on any atom is -0.481 e. The Balaban J connectivity index is 2.12. The number of carbonyl (C=O) groups excluding carboxylic acids is 1. The van der Waals surface area contributed by atoms with Crippen molar-refractivity contribution < 1.29 is 14.7 Å². The van der Waals surface area contributed by atoms with Gasteiger partial charge >= 0.3 is 5.97 Å². The Labute approximate surface area is 106 Å². The second-order valence-electron chi connectivity index (χ2n) is 5.01. The van der Waals surface area contributed by atoms with Crippen LogP contribution in [0.2, 0.25) is 0 Å². The molecule has 1 saturated carbocycles. The highest BCUT2D eigenvalue weighted by Crippen LogP contribution is 2.48. The Kier molecular flexibility index (Phi) is 3.37. The molecule has 2 aliphatic rings. The smallest absolute Gasteiger partial charge is 0.307 e. The number of aliphatic carboxylic acids is 1. The van der Waals surface area contributed by atoms with Gasteiger partial charge in [-0.3, -0.25) is 9.59 Å². The van der Waals surface area contributed by atoms with Crippen LogP contribution in [0.25, 0.3) is 0 Å². The van der Waals surface area contributed by atoms with Gasteiger partial charge in [-0.2, -0.15) is 5.26 Å². The summed E-state index contributed by atoms with van der Waals surface area (Å²) in [5.74, 6) is -2.05. The predicted octanol–water partition coefficient (Wildman–Crippen LogP) is 0.881. The molecule has 1 N–H and O–H groups in total. The van der Waals surface area contributed by atoms with Crippen molar-refractivity contribution in [2.75, 3.05) is 13.6 Å². The summed E-state index contributed by atoms with van der Waals surface area (Å²) in [5.41, 5.74) is 0. The number of fused-ring (bicyclic) bond motifs is 2. The Morgan fingerprint density at radius 2 is 2.00 bits per heavy atom. The van der Waals surface area contributed by atoms with Gasteiger partial charge in [-0.15, -0.1) is 0 Å². The molecule has 4 atom stereocenters. The maximum absolute atomic E-state index is 12.3. The predicted molar refractivity (Wildman–Crippen MR) is 63.2 cm³/mol. The number of allylic oxidation sites excluding steroid dienone is 2. The summed E-state index contributed by atoms with van der Waals surface area (Å²) in [7, 11) is 1.63. The lowest BCUT2D eigenvalue weighted by molar-refractivity contribution is -0.150. The average Bonchev–Trinajstić information content (AvgIpc) is 2.94. The van der Waals surface area contributed by atoms with Crippen molar-refractivity contribution in [3.05, 3.63) is 12.2 Å². The normalized spacial score (nSPS) is 32.2. The number of hydrogen-bond acceptors (Lipinski definition) is 3. The quantitative estimate of drug-likeness (QED) is 0.749. The number of rotatable bonds is 4. The van der Waals surface area contributed by atoms with E-state index in [-0.39, 0.29) is 24.2 Å². The van der Waals surface area contributed by atoms with Crippen LogP contribution in [0.1, 0.15) is 12.8 Å². The summed E-state index contributed by atoms with van der Waals surface area (Å²) in [6, 6.07) is 1.99. The van der Waals surface area contributed by atoms with Crippen molar-refractivity contribution >= 4 is 11.9 Å². The summed E-state index contributed by atoms with van der Waals surface area (Å²) in [6.07, 6.45) is 4.92. The van der Waals surface area contributed by atoms with Crippen LogP contribution in [0.5, 0.6) is 0 Å². The maximum atomic E-state index is 12.3. The fourth-order valence-electron chi connectivity index (χ4n) is 3.08. The molecule has 0 heterocycles. The van der Waals surface area contributed by atoms with E-state index in [1.165, 1.54) is 4.90 Å². The van der Waals surface area contributed by atoms with Crippen LogP contribution >= 0.6 is 0 Å². The van der Waals surface area contributed by atoms with Crippen LogP contribution in [-0.2, 0) is 9.59 Å². The van der Waals surface area contributed by atoms with Crippen molar-refractivity contribution in [1.82, 2.24) is 4.90 Å². The van der Waals surface area contributed by atoms with E-state index in [0.29, 0.717) is 6.54 Å². The first-order valence-corrected chi connectivity index (χ1v) is 6.09. The fourth-order valence-corrected chi connectivity index (χ4v) is 3.08. The van der Waals surface area contributed by atoms with Crippen molar-refractivity contribution in [3.8, 4) is 6.07 Å². The van der Waals surface area contributed by atoms with Gasteiger partial charge in [0.25, 0.3) is 0 Å². The highest BCUT2D eigenvalue weighted by Gasteiger charge is 2.52. The first kappa shape index (κ1) is 12.6. The second-order valence-corrected chi connectivity index (χ2v) is 5.01. The Hall–Kier alpha value is -1.83. The van der Waals surface area contributed by atoms with Gasteiger partial charge in [-0.1, -0.05) is 12.2 Å². The zero-order valence-corrected chi connectivity index (χ0v) is 10.2. The average molecular weight is 248 g/mol. The Morgan fingerprint density at radius 3 is 2.56 bits per heavy atom. The molecule has 0 spiro atoms. The third-order valence-electron chi connectivity index (χ3n) is 3.96. The minimum absolute atomic E-state index is 0.00850. The van der Waals surface area contributed by atoms with Gasteiger partial charge in [0.2, 0.25) is 5.91 Å². The summed E-state index contributed by atoms with van der Waals surface area (Å²) in [4.78, 5) is 25.0. The molecule has 2 unspecified atom stereocenters. The number of carbonyl (C=O) groups is 2. The van der Waals surface area contributed by atoms with Crippen LogP contribution in [0, 0.1) is 35.0 Å². The number of amides is 1. The van der Waals surface area contributed by atoms with E-state index >= 15 is 0 Å². The molecule has 2 aliphatic carbocycles. The molecule has 5 nitrogen and oxygen atoms in total. The SMILES string of the molecule is CN(CCC#N)C(=O)[C@H]1C2C=CC(C2)[C@H]1C(=O)O. The summed E-state index contributed by atoms with van der Waals surface area (Å²) in [5, 5.41) is 17.8. The molecule has 0 aliphatic heterocycles. The third-order valence-corrected chi connectivity index (χ3v) is 3.96. The lowest BCUT2D eigenvalue weighted by Gasteiger charge is -2.28. The van der Waals surface area contributed by atoms with Gasteiger partial charge < -0.3 is 10.0 Å². The van der Waals surface area contributed by atoms with E-state index in [1.807, 2.05) is 18.2 Å². The molecule has 0 radical (unpaired) electrons. The van der Waals surface area contributed by atoms with Crippen LogP contribution in [0.15, 0.2) is 12.2 Å². The van der Waals surface area contributed by atoms with E-state index in [0.717, 1.165) is 6.42 Å². The van der Waals surface area contributed by atoms with Crippen molar-refractivity contribution in [2.45, 2.75) is 12.8 Å². The van der Waals surface area contributed by atoms with Crippen molar-refractivity contribution in [1.29, 1.82) is 5.26 Å². The molecule has 0 aromatic heterocycles. The van der Waals surface area contributed by atoms with Crippen LogP contribution in [0.3, 0.4) is 0 Å². The molecule has 1 fully saturated rings. The minimum atomic E-state index is -0.890. The molecular weight excluding hydrogens is 232 g/mol. The first-order chi connectivity index (χ1) is 8.56. The van der Waals surface area contributed by atoms with Crippen molar-refractivity contribution in [3.63, 3.8) is 0 Å².